The lowest BCUT2D eigenvalue weighted by molar-refractivity contribution is 0.636. The molecule has 11 rings (SSSR count). The molecule has 56 heavy (non-hydrogen) atoms. The van der Waals surface area contributed by atoms with Gasteiger partial charge in [0.1, 0.15) is 16.7 Å². The van der Waals surface area contributed by atoms with Gasteiger partial charge in [-0.15, -0.1) is 0 Å². The lowest BCUT2D eigenvalue weighted by Gasteiger charge is -2.13. The zero-order chi connectivity index (χ0) is 37.3. The van der Waals surface area contributed by atoms with Crippen molar-refractivity contribution in [2.45, 2.75) is 6.92 Å². The molecule has 8 aromatic carbocycles. The molecule has 0 saturated heterocycles. The second-order valence-corrected chi connectivity index (χ2v) is 14.1. The first-order valence-electron chi connectivity index (χ1n) is 18.7. The van der Waals surface area contributed by atoms with Crippen LogP contribution in [0.5, 0.6) is 0 Å². The largest absolute Gasteiger partial charge is 0.455 e. The predicted octanol–water partition coefficient (Wildman–Crippen LogP) is 13.0. The van der Waals surface area contributed by atoms with E-state index >= 15 is 0 Å². The molecule has 11 aromatic rings. The number of benzene rings is 8. The Kier molecular flexibility index (Phi) is 7.13. The van der Waals surface area contributed by atoms with Gasteiger partial charge >= 0.3 is 0 Å². The van der Waals surface area contributed by atoms with Crippen molar-refractivity contribution in [1.82, 2.24) is 15.0 Å². The molecule has 3 heterocycles. The molecule has 0 aliphatic heterocycles. The van der Waals surface area contributed by atoms with Crippen LogP contribution in [0.15, 0.2) is 173 Å². The highest BCUT2D eigenvalue weighted by molar-refractivity contribution is 6.16. The topological polar surface area (TPSA) is 91.0 Å². The van der Waals surface area contributed by atoms with Gasteiger partial charge in [-0.3, -0.25) is 0 Å². The molecule has 0 unspecified atom stereocenters. The van der Waals surface area contributed by atoms with Crippen LogP contribution >= 0.6 is 0 Å². The van der Waals surface area contributed by atoms with Gasteiger partial charge < -0.3 is 14.6 Å². The lowest BCUT2D eigenvalue weighted by Crippen LogP contribution is -2.05. The molecule has 0 aliphatic carbocycles. The molecule has 0 aliphatic rings. The van der Waals surface area contributed by atoms with Crippen molar-refractivity contribution in [2.24, 2.45) is 0 Å². The van der Waals surface area contributed by atoms with Crippen LogP contribution in [-0.2, 0) is 0 Å². The molecule has 6 heteroatoms. The van der Waals surface area contributed by atoms with Gasteiger partial charge in [0.2, 0.25) is 0 Å². The maximum atomic E-state index is 6.88. The minimum atomic E-state index is 0.281. The molecule has 0 saturated carbocycles. The molecule has 0 radical (unpaired) electrons. The number of anilines is 1. The first-order chi connectivity index (χ1) is 27.6. The van der Waals surface area contributed by atoms with Crippen LogP contribution in [0, 0.1) is 0 Å². The van der Waals surface area contributed by atoms with Gasteiger partial charge in [0.15, 0.2) is 23.4 Å². The number of hydrogen-bond acceptors (Lipinski definition) is 6. The zero-order valence-corrected chi connectivity index (χ0v) is 30.3. The van der Waals surface area contributed by atoms with Crippen molar-refractivity contribution in [3.05, 3.63) is 175 Å². The molecule has 0 fully saturated rings. The number of fused-ring (bicyclic) bond motifs is 8. The highest BCUT2D eigenvalue weighted by Crippen LogP contribution is 2.44. The van der Waals surface area contributed by atoms with Crippen molar-refractivity contribution in [2.75, 3.05) is 5.73 Å². The fourth-order valence-corrected chi connectivity index (χ4v) is 8.28. The Morgan fingerprint density at radius 1 is 0.482 bits per heavy atom. The van der Waals surface area contributed by atoms with Crippen LogP contribution in [0.4, 0.5) is 5.88 Å². The molecule has 0 bridgehead atoms. The molecule has 0 amide bonds. The van der Waals surface area contributed by atoms with Crippen molar-refractivity contribution in [3.8, 4) is 33.9 Å². The van der Waals surface area contributed by atoms with Crippen molar-refractivity contribution < 1.29 is 8.83 Å². The molecule has 0 atom stereocenters. The minimum Gasteiger partial charge on any atom is -0.455 e. The van der Waals surface area contributed by atoms with Gasteiger partial charge in [-0.2, -0.15) is 0 Å². The number of rotatable bonds is 5. The van der Waals surface area contributed by atoms with E-state index in [4.69, 9.17) is 29.5 Å². The number of para-hydroxylation sites is 2. The second kappa shape index (κ2) is 12.5. The smallest absolute Gasteiger partial charge is 0.199 e. The van der Waals surface area contributed by atoms with E-state index in [0.717, 1.165) is 82.3 Å². The molecular weight excluding hydrogens is 689 g/mol. The first kappa shape index (κ1) is 31.9. The number of allylic oxidation sites excluding steroid dienone is 1. The summed E-state index contributed by atoms with van der Waals surface area (Å²) in [5, 5.41) is 9.77. The Morgan fingerprint density at radius 2 is 1.09 bits per heavy atom. The van der Waals surface area contributed by atoms with E-state index in [1.807, 2.05) is 61.5 Å². The normalized spacial score (nSPS) is 12.2. The quantitative estimate of drug-likeness (QED) is 0.178. The van der Waals surface area contributed by atoms with Gasteiger partial charge in [-0.1, -0.05) is 146 Å². The van der Waals surface area contributed by atoms with Gasteiger partial charge in [0, 0.05) is 44.0 Å². The number of furan rings is 2. The molecule has 0 spiro atoms. The third kappa shape index (κ3) is 4.93. The summed E-state index contributed by atoms with van der Waals surface area (Å²) >= 11 is 0. The fraction of sp³-hybridized carbons (Fsp3) is 0.0200. The monoisotopic (exact) mass is 720 g/mol. The van der Waals surface area contributed by atoms with E-state index in [0.29, 0.717) is 23.1 Å². The average molecular weight is 721 g/mol. The Morgan fingerprint density at radius 3 is 1.86 bits per heavy atom. The standard InChI is InChI=1S/C50H32N4O2/c1-2-33(49-52-48(29-14-4-3-5-15-29)53-50(54-49)42-27-32-18-8-9-19-34(32)35-20-10-11-21-36(35)42)44-40-25-13-23-38(46(40)56-47(44)51)37-22-12-24-39-41-26-30-16-6-7-17-31(30)28-43(41)55-45(37)39/h2-28H,51H2,1H3/b33-2+. The van der Waals surface area contributed by atoms with Gasteiger partial charge in [0.05, 0.1) is 5.56 Å². The summed E-state index contributed by atoms with van der Waals surface area (Å²) in [6.07, 6.45) is 2.00. The summed E-state index contributed by atoms with van der Waals surface area (Å²) in [4.78, 5) is 15.5. The summed E-state index contributed by atoms with van der Waals surface area (Å²) in [5.41, 5.74) is 14.3. The van der Waals surface area contributed by atoms with Gasteiger partial charge in [0.25, 0.3) is 0 Å². The van der Waals surface area contributed by atoms with E-state index in [-0.39, 0.29) is 5.88 Å². The minimum absolute atomic E-state index is 0.281. The summed E-state index contributed by atoms with van der Waals surface area (Å²) < 4.78 is 13.2. The maximum absolute atomic E-state index is 6.88. The van der Waals surface area contributed by atoms with Gasteiger partial charge in [-0.25, -0.2) is 15.0 Å². The van der Waals surface area contributed by atoms with Crippen LogP contribution in [0.3, 0.4) is 0 Å². The summed E-state index contributed by atoms with van der Waals surface area (Å²) in [6.45, 7) is 1.98. The summed E-state index contributed by atoms with van der Waals surface area (Å²) in [7, 11) is 0. The molecule has 3 aromatic heterocycles. The summed E-state index contributed by atoms with van der Waals surface area (Å²) in [5.74, 6) is 1.92. The van der Waals surface area contributed by atoms with Crippen LogP contribution in [-0.4, -0.2) is 15.0 Å². The van der Waals surface area contributed by atoms with Crippen LogP contribution in [0.2, 0.25) is 0 Å². The van der Waals surface area contributed by atoms with Crippen LogP contribution in [0.1, 0.15) is 18.3 Å². The molecule has 2 N–H and O–H groups in total. The number of nitrogens with zero attached hydrogens (tertiary/aromatic N) is 3. The second-order valence-electron chi connectivity index (χ2n) is 14.1. The average Bonchev–Trinajstić information content (AvgIpc) is 3.79. The third-order valence-electron chi connectivity index (χ3n) is 10.9. The summed E-state index contributed by atoms with van der Waals surface area (Å²) in [6, 6.07) is 54.1. The lowest BCUT2D eigenvalue weighted by atomic mass is 9.96. The highest BCUT2D eigenvalue weighted by atomic mass is 16.3. The molecular formula is C50H32N4O2. The zero-order valence-electron chi connectivity index (χ0n) is 30.3. The Balaban J connectivity index is 1.11. The highest BCUT2D eigenvalue weighted by Gasteiger charge is 2.25. The number of hydrogen-bond donors (Lipinski definition) is 1. The van der Waals surface area contributed by atoms with Crippen LogP contribution < -0.4 is 5.73 Å². The molecule has 6 nitrogen and oxygen atoms in total. The fourth-order valence-electron chi connectivity index (χ4n) is 8.28. The Hall–Kier alpha value is -7.57. The van der Waals surface area contributed by atoms with Crippen molar-refractivity contribution in [3.63, 3.8) is 0 Å². The van der Waals surface area contributed by atoms with E-state index in [1.165, 1.54) is 10.8 Å². The van der Waals surface area contributed by atoms with E-state index in [2.05, 4.69) is 109 Å². The van der Waals surface area contributed by atoms with E-state index in [9.17, 15) is 0 Å². The maximum Gasteiger partial charge on any atom is 0.199 e. The van der Waals surface area contributed by atoms with E-state index in [1.54, 1.807) is 0 Å². The van der Waals surface area contributed by atoms with Crippen molar-refractivity contribution >= 4 is 76.7 Å². The van der Waals surface area contributed by atoms with Crippen LogP contribution in [0.25, 0.3) is 105 Å². The third-order valence-corrected chi connectivity index (χ3v) is 10.9. The number of nitrogen functional groups attached to an aromatic ring is 1. The van der Waals surface area contributed by atoms with Gasteiger partial charge in [-0.05, 0) is 57.4 Å². The number of nitrogens with two attached hydrogens (primary N) is 1. The molecule has 264 valence electrons. The Labute approximate surface area is 321 Å². The Bertz CT molecular complexity index is 3390. The van der Waals surface area contributed by atoms with Crippen molar-refractivity contribution in [1.29, 1.82) is 0 Å². The SMILES string of the molecule is C/C=C(/c1nc(-c2ccccc2)nc(-c2cc3ccccc3c3ccccc23)n1)c1c(N)oc2c(-c3cccc4c3oc3cc5ccccc5cc34)cccc12. The van der Waals surface area contributed by atoms with E-state index < -0.39 is 0 Å². The predicted molar refractivity (Wildman–Crippen MR) is 229 cm³/mol. The number of aromatic nitrogens is 3. The first-order valence-corrected chi connectivity index (χ1v) is 18.7.